The lowest BCUT2D eigenvalue weighted by Gasteiger charge is -2.09. The van der Waals surface area contributed by atoms with Gasteiger partial charge in [0.05, 0.1) is 12.9 Å². The van der Waals surface area contributed by atoms with Crippen LogP contribution < -0.4 is 14.2 Å². The topological polar surface area (TPSA) is 64.6 Å². The molecule has 0 aliphatic carbocycles. The molecule has 0 bridgehead atoms. The summed E-state index contributed by atoms with van der Waals surface area (Å²) in [6.07, 6.45) is 0. The molecule has 0 saturated carbocycles. The molecule has 0 unspecified atom stereocenters. The third kappa shape index (κ3) is 5.38. The van der Waals surface area contributed by atoms with Crippen molar-refractivity contribution in [2.45, 2.75) is 6.54 Å². The number of benzene rings is 2. The van der Waals surface area contributed by atoms with Crippen LogP contribution in [-0.2, 0) is 16.6 Å². The quantitative estimate of drug-likeness (QED) is 0.809. The summed E-state index contributed by atoms with van der Waals surface area (Å²) in [5.41, 5.74) is 0.869. The van der Waals surface area contributed by atoms with Crippen molar-refractivity contribution < 1.29 is 17.9 Å². The van der Waals surface area contributed by atoms with Gasteiger partial charge in [-0.3, -0.25) is 0 Å². The van der Waals surface area contributed by atoms with E-state index in [1.54, 1.807) is 31.4 Å². The lowest BCUT2D eigenvalue weighted by atomic mass is 10.2. The normalized spacial score (nSPS) is 11.1. The van der Waals surface area contributed by atoms with E-state index in [2.05, 4.69) is 4.72 Å². The molecule has 1 N–H and O–H groups in total. The van der Waals surface area contributed by atoms with E-state index in [0.29, 0.717) is 5.75 Å². The number of nitrogens with one attached hydrogen (secondary N) is 1. The average molecular weight is 321 g/mol. The van der Waals surface area contributed by atoms with E-state index in [1.807, 2.05) is 30.3 Å². The fourth-order valence-corrected chi connectivity index (χ4v) is 2.63. The van der Waals surface area contributed by atoms with Crippen molar-refractivity contribution in [1.82, 2.24) is 4.72 Å². The average Bonchev–Trinajstić information content (AvgIpc) is 2.54. The maximum Gasteiger partial charge on any atom is 0.215 e. The van der Waals surface area contributed by atoms with Crippen LogP contribution in [0.2, 0.25) is 0 Å². The Morgan fingerprint density at radius 2 is 1.64 bits per heavy atom. The van der Waals surface area contributed by atoms with Crippen molar-refractivity contribution in [2.24, 2.45) is 0 Å². The third-order valence-electron chi connectivity index (χ3n) is 3.02. The van der Waals surface area contributed by atoms with Gasteiger partial charge in [-0.25, -0.2) is 13.1 Å². The molecule has 0 amide bonds. The highest BCUT2D eigenvalue weighted by atomic mass is 32.2. The van der Waals surface area contributed by atoms with Crippen molar-refractivity contribution in [3.63, 3.8) is 0 Å². The van der Waals surface area contributed by atoms with E-state index in [9.17, 15) is 8.42 Å². The van der Waals surface area contributed by atoms with Crippen LogP contribution in [0.4, 0.5) is 0 Å². The van der Waals surface area contributed by atoms with Gasteiger partial charge in [0.25, 0.3) is 0 Å². The maximum absolute atomic E-state index is 11.9. The molecule has 22 heavy (non-hydrogen) atoms. The molecule has 118 valence electrons. The van der Waals surface area contributed by atoms with Gasteiger partial charge in [-0.2, -0.15) is 0 Å². The summed E-state index contributed by atoms with van der Waals surface area (Å²) in [6.45, 7) is 0.361. The number of para-hydroxylation sites is 1. The minimum Gasteiger partial charge on any atom is -0.497 e. The summed E-state index contributed by atoms with van der Waals surface area (Å²) in [4.78, 5) is 0. The molecular weight excluding hydrogens is 302 g/mol. The number of hydrogen-bond acceptors (Lipinski definition) is 4. The monoisotopic (exact) mass is 321 g/mol. The minimum absolute atomic E-state index is 0.0853. The molecule has 5 nitrogen and oxygen atoms in total. The molecule has 0 radical (unpaired) electrons. The van der Waals surface area contributed by atoms with Gasteiger partial charge in [-0.15, -0.1) is 0 Å². The second-order valence-electron chi connectivity index (χ2n) is 4.65. The Morgan fingerprint density at radius 1 is 0.955 bits per heavy atom. The van der Waals surface area contributed by atoms with Crippen molar-refractivity contribution in [2.75, 3.05) is 19.5 Å². The van der Waals surface area contributed by atoms with Gasteiger partial charge in [0.2, 0.25) is 10.0 Å². The van der Waals surface area contributed by atoms with E-state index in [4.69, 9.17) is 9.47 Å². The first-order valence-electron chi connectivity index (χ1n) is 6.87. The Kier molecular flexibility index (Phi) is 5.80. The molecule has 6 heteroatoms. The van der Waals surface area contributed by atoms with E-state index in [-0.39, 0.29) is 18.9 Å². The molecule has 0 aliphatic heterocycles. The third-order valence-corrected chi connectivity index (χ3v) is 4.31. The maximum atomic E-state index is 11.9. The SMILES string of the molecule is COc1ccc(CNS(=O)(=O)CCOc2ccccc2)cc1. The molecule has 0 fully saturated rings. The Hall–Kier alpha value is -2.05. The minimum atomic E-state index is -3.37. The van der Waals surface area contributed by atoms with Crippen molar-refractivity contribution in [3.05, 3.63) is 60.2 Å². The van der Waals surface area contributed by atoms with Crippen LogP contribution >= 0.6 is 0 Å². The fraction of sp³-hybridized carbons (Fsp3) is 0.250. The molecule has 0 aromatic heterocycles. The van der Waals surface area contributed by atoms with Crippen molar-refractivity contribution >= 4 is 10.0 Å². The number of rotatable bonds is 8. The molecular formula is C16H19NO4S. The first kappa shape index (κ1) is 16.3. The lowest BCUT2D eigenvalue weighted by Crippen LogP contribution is -2.28. The molecule has 0 saturated heterocycles. The van der Waals surface area contributed by atoms with Gasteiger partial charge in [0, 0.05) is 6.54 Å². The highest BCUT2D eigenvalue weighted by Gasteiger charge is 2.10. The van der Waals surface area contributed by atoms with Gasteiger partial charge < -0.3 is 9.47 Å². The number of methoxy groups -OCH3 is 1. The molecule has 0 atom stereocenters. The zero-order valence-electron chi connectivity index (χ0n) is 12.4. The summed E-state index contributed by atoms with van der Waals surface area (Å²) in [5, 5.41) is 0. The van der Waals surface area contributed by atoms with Crippen molar-refractivity contribution in [1.29, 1.82) is 0 Å². The van der Waals surface area contributed by atoms with Crippen LogP contribution in [0.25, 0.3) is 0 Å². The predicted molar refractivity (Wildman–Crippen MR) is 85.6 cm³/mol. The zero-order chi connectivity index (χ0) is 15.8. The first-order chi connectivity index (χ1) is 10.6. The summed E-state index contributed by atoms with van der Waals surface area (Å²) in [5.74, 6) is 1.31. The number of hydrogen-bond donors (Lipinski definition) is 1. The zero-order valence-corrected chi connectivity index (χ0v) is 13.2. The van der Waals surface area contributed by atoms with Crippen LogP contribution in [0.5, 0.6) is 11.5 Å². The largest absolute Gasteiger partial charge is 0.497 e. The molecule has 0 aliphatic rings. The van der Waals surface area contributed by atoms with E-state index in [0.717, 1.165) is 11.3 Å². The van der Waals surface area contributed by atoms with E-state index >= 15 is 0 Å². The smallest absolute Gasteiger partial charge is 0.215 e. The van der Waals surface area contributed by atoms with Gasteiger partial charge in [-0.05, 0) is 29.8 Å². The fourth-order valence-electron chi connectivity index (χ4n) is 1.79. The van der Waals surface area contributed by atoms with Crippen molar-refractivity contribution in [3.8, 4) is 11.5 Å². The van der Waals surface area contributed by atoms with E-state index in [1.165, 1.54) is 0 Å². The van der Waals surface area contributed by atoms with Crippen LogP contribution in [-0.4, -0.2) is 27.9 Å². The van der Waals surface area contributed by atoms with E-state index < -0.39 is 10.0 Å². The van der Waals surface area contributed by atoms with Gasteiger partial charge in [-0.1, -0.05) is 30.3 Å². The Morgan fingerprint density at radius 3 is 2.27 bits per heavy atom. The number of ether oxygens (including phenoxy) is 2. The standard InChI is InChI=1S/C16H19NO4S/c1-20-15-9-7-14(8-10-15)13-17-22(18,19)12-11-21-16-5-3-2-4-6-16/h2-10,17H,11-13H2,1H3. The summed E-state index contributed by atoms with van der Waals surface area (Å²) < 4.78 is 36.8. The highest BCUT2D eigenvalue weighted by molar-refractivity contribution is 7.89. The highest BCUT2D eigenvalue weighted by Crippen LogP contribution is 2.11. The Labute approximate surface area is 130 Å². The summed E-state index contributed by atoms with van der Waals surface area (Å²) >= 11 is 0. The molecule has 2 rings (SSSR count). The van der Waals surface area contributed by atoms with Crippen LogP contribution in [0.3, 0.4) is 0 Å². The summed E-state index contributed by atoms with van der Waals surface area (Å²) in [6, 6.07) is 16.4. The molecule has 0 spiro atoms. The Balaban J connectivity index is 1.78. The van der Waals surface area contributed by atoms with Crippen LogP contribution in [0, 0.1) is 0 Å². The van der Waals surface area contributed by atoms with Crippen LogP contribution in [0.15, 0.2) is 54.6 Å². The number of sulfonamides is 1. The van der Waals surface area contributed by atoms with Crippen LogP contribution in [0.1, 0.15) is 5.56 Å². The van der Waals surface area contributed by atoms with Gasteiger partial charge in [0.1, 0.15) is 18.1 Å². The lowest BCUT2D eigenvalue weighted by molar-refractivity contribution is 0.340. The molecule has 2 aromatic carbocycles. The van der Waals surface area contributed by atoms with Gasteiger partial charge >= 0.3 is 0 Å². The second kappa shape index (κ2) is 7.82. The Bertz CT molecular complexity index is 669. The molecule has 2 aromatic rings. The second-order valence-corrected chi connectivity index (χ2v) is 6.58. The van der Waals surface area contributed by atoms with Gasteiger partial charge in [0.15, 0.2) is 0 Å². The predicted octanol–water partition coefficient (Wildman–Crippen LogP) is 2.19. The molecule has 0 heterocycles. The first-order valence-corrected chi connectivity index (χ1v) is 8.52. The summed E-state index contributed by atoms with van der Waals surface area (Å²) in [7, 11) is -1.78.